The highest BCUT2D eigenvalue weighted by molar-refractivity contribution is 5.94. The van der Waals surface area contributed by atoms with Crippen LogP contribution >= 0.6 is 0 Å². The van der Waals surface area contributed by atoms with Gasteiger partial charge in [0.15, 0.2) is 0 Å². The minimum atomic E-state index is -0.838. The van der Waals surface area contributed by atoms with Gasteiger partial charge in [-0.2, -0.15) is 0 Å². The lowest BCUT2D eigenvalue weighted by Crippen LogP contribution is -2.25. The first-order valence-corrected chi connectivity index (χ1v) is 11.3. The number of hydrogen-bond donors (Lipinski definition) is 1. The van der Waals surface area contributed by atoms with E-state index in [1.807, 2.05) is 30.3 Å². The summed E-state index contributed by atoms with van der Waals surface area (Å²) in [5, 5.41) is 9.54. The van der Waals surface area contributed by atoms with Gasteiger partial charge in [0.05, 0.1) is 6.61 Å². The fraction of sp³-hybridized carbons (Fsp3) is 0.423. The number of benzene rings is 2. The van der Waals surface area contributed by atoms with E-state index in [2.05, 4.69) is 36.9 Å². The first-order valence-electron chi connectivity index (χ1n) is 11.3. The van der Waals surface area contributed by atoms with Gasteiger partial charge in [-0.3, -0.25) is 0 Å². The third-order valence-electron chi connectivity index (χ3n) is 5.44. The Hall–Kier alpha value is -2.79. The summed E-state index contributed by atoms with van der Waals surface area (Å²) in [6, 6.07) is 14.3. The van der Waals surface area contributed by atoms with Gasteiger partial charge in [0.1, 0.15) is 12.4 Å². The highest BCUT2D eigenvalue weighted by Gasteiger charge is 2.19. The molecule has 1 aliphatic rings. The molecule has 0 fully saturated rings. The molecule has 0 spiro atoms. The molecule has 0 aromatic heterocycles. The van der Waals surface area contributed by atoms with E-state index in [1.165, 1.54) is 0 Å². The smallest absolute Gasteiger partial charge is 0.331 e. The molecular weight excluding hydrogens is 390 g/mol. The zero-order valence-electron chi connectivity index (χ0n) is 18.6. The minimum Gasteiger partial charge on any atom is -0.491 e. The Morgan fingerprint density at radius 3 is 2.48 bits per heavy atom. The van der Waals surface area contributed by atoms with Crippen molar-refractivity contribution in [1.82, 2.24) is 0 Å². The predicted molar refractivity (Wildman–Crippen MR) is 126 cm³/mol. The van der Waals surface area contributed by atoms with Crippen molar-refractivity contribution in [2.75, 3.05) is 37.8 Å². The summed E-state index contributed by atoms with van der Waals surface area (Å²) in [5.74, 6) is -0.0188. The summed E-state index contributed by atoms with van der Waals surface area (Å²) in [5.41, 5.74) is 4.66. The number of unbranched alkanes of at least 4 members (excludes halogenated alkanes) is 1. The average Bonchev–Trinajstić information content (AvgIpc) is 2.96. The van der Waals surface area contributed by atoms with Crippen molar-refractivity contribution in [1.29, 1.82) is 0 Å². The Morgan fingerprint density at radius 1 is 1.00 bits per heavy atom. The third kappa shape index (κ3) is 6.34. The van der Waals surface area contributed by atoms with Crippen LogP contribution in [-0.4, -0.2) is 44.0 Å². The van der Waals surface area contributed by atoms with Gasteiger partial charge in [-0.05, 0) is 66.3 Å². The van der Waals surface area contributed by atoms with Crippen LogP contribution in [-0.2, 0) is 9.53 Å². The summed E-state index contributed by atoms with van der Waals surface area (Å²) in [6.45, 7) is 7.86. The Morgan fingerprint density at radius 2 is 1.77 bits per heavy atom. The van der Waals surface area contributed by atoms with Gasteiger partial charge in [0, 0.05) is 31.0 Å². The van der Waals surface area contributed by atoms with Crippen LogP contribution in [0.5, 0.6) is 5.75 Å². The van der Waals surface area contributed by atoms with E-state index in [1.54, 1.807) is 0 Å². The van der Waals surface area contributed by atoms with Crippen molar-refractivity contribution >= 4 is 17.7 Å². The molecule has 1 heterocycles. The molecule has 0 saturated heterocycles. The number of ether oxygens (including phenoxy) is 2. The molecule has 3 rings (SSSR count). The van der Waals surface area contributed by atoms with Crippen molar-refractivity contribution in [3.8, 4) is 16.9 Å². The lowest BCUT2D eigenvalue weighted by molar-refractivity contribution is -0.132. The Bertz CT molecular complexity index is 889. The topological polar surface area (TPSA) is 59.0 Å². The summed E-state index contributed by atoms with van der Waals surface area (Å²) in [4.78, 5) is 13.9. The van der Waals surface area contributed by atoms with E-state index in [0.717, 1.165) is 67.1 Å². The molecule has 0 amide bonds. The second kappa shape index (κ2) is 11.6. The molecule has 0 atom stereocenters. The van der Waals surface area contributed by atoms with Gasteiger partial charge in [-0.25, -0.2) is 4.79 Å². The number of hydrogen-bond acceptors (Lipinski definition) is 4. The van der Waals surface area contributed by atoms with Gasteiger partial charge in [0.2, 0.25) is 0 Å². The number of rotatable bonds is 11. The maximum absolute atomic E-state index is 11.6. The Kier molecular flexibility index (Phi) is 8.53. The lowest BCUT2D eigenvalue weighted by Gasteiger charge is -2.24. The van der Waals surface area contributed by atoms with Crippen LogP contribution in [0.1, 0.15) is 45.1 Å². The fourth-order valence-corrected chi connectivity index (χ4v) is 3.75. The molecule has 5 heteroatoms. The summed E-state index contributed by atoms with van der Waals surface area (Å²) in [6.07, 6.45) is 5.61. The SMILES string of the molecule is CCCCOCCOc1ccc(-c2ccc3c(c2)C=C(C(=O)O)CCN3CCC)cc1. The number of fused-ring (bicyclic) bond motifs is 1. The first-order chi connectivity index (χ1) is 15.1. The monoisotopic (exact) mass is 423 g/mol. The highest BCUT2D eigenvalue weighted by atomic mass is 16.5. The van der Waals surface area contributed by atoms with E-state index in [0.29, 0.717) is 25.2 Å². The second-order valence-electron chi connectivity index (χ2n) is 7.82. The van der Waals surface area contributed by atoms with E-state index in [4.69, 9.17) is 9.47 Å². The minimum absolute atomic E-state index is 0.460. The number of carbonyl (C=O) groups is 1. The van der Waals surface area contributed by atoms with Gasteiger partial charge in [-0.15, -0.1) is 0 Å². The standard InChI is InChI=1S/C26H33NO4/c1-3-5-15-30-16-17-31-24-9-6-20(7-10-24)21-8-11-25-23(18-21)19-22(26(28)29)12-14-27(25)13-4-2/h6-11,18-19H,3-5,12-17H2,1-2H3,(H,28,29). The summed E-state index contributed by atoms with van der Waals surface area (Å²) in [7, 11) is 0. The number of carboxylic acid groups (broad SMARTS) is 1. The molecule has 2 aromatic carbocycles. The normalized spacial score (nSPS) is 13.4. The number of aliphatic carboxylic acids is 1. The van der Waals surface area contributed by atoms with E-state index in [-0.39, 0.29) is 0 Å². The van der Waals surface area contributed by atoms with Gasteiger partial charge in [-0.1, -0.05) is 38.5 Å². The highest BCUT2D eigenvalue weighted by Crippen LogP contribution is 2.33. The van der Waals surface area contributed by atoms with Gasteiger partial charge >= 0.3 is 5.97 Å². The van der Waals surface area contributed by atoms with Crippen molar-refractivity contribution in [2.45, 2.75) is 39.5 Å². The molecule has 2 aromatic rings. The maximum atomic E-state index is 11.6. The van der Waals surface area contributed by atoms with Gasteiger partial charge in [0.25, 0.3) is 0 Å². The van der Waals surface area contributed by atoms with Crippen molar-refractivity contribution in [3.05, 3.63) is 53.6 Å². The zero-order valence-corrected chi connectivity index (χ0v) is 18.6. The average molecular weight is 424 g/mol. The Labute approximate surface area is 185 Å². The van der Waals surface area contributed by atoms with Crippen LogP contribution in [0, 0.1) is 0 Å². The van der Waals surface area contributed by atoms with E-state index >= 15 is 0 Å². The second-order valence-corrected chi connectivity index (χ2v) is 7.82. The lowest BCUT2D eigenvalue weighted by atomic mass is 10.00. The molecule has 5 nitrogen and oxygen atoms in total. The maximum Gasteiger partial charge on any atom is 0.331 e. The molecule has 166 valence electrons. The van der Waals surface area contributed by atoms with E-state index < -0.39 is 5.97 Å². The quantitative estimate of drug-likeness (QED) is 0.474. The molecule has 1 aliphatic heterocycles. The number of anilines is 1. The molecule has 0 radical (unpaired) electrons. The van der Waals surface area contributed by atoms with E-state index in [9.17, 15) is 9.90 Å². The predicted octanol–water partition coefficient (Wildman–Crippen LogP) is 5.64. The Balaban J connectivity index is 1.73. The van der Waals surface area contributed by atoms with Crippen LogP contribution in [0.4, 0.5) is 5.69 Å². The van der Waals surface area contributed by atoms with Crippen LogP contribution in [0.15, 0.2) is 48.0 Å². The third-order valence-corrected chi connectivity index (χ3v) is 5.44. The molecule has 0 aliphatic carbocycles. The van der Waals surface area contributed by atoms with Crippen molar-refractivity contribution < 1.29 is 19.4 Å². The number of nitrogens with zero attached hydrogens (tertiary/aromatic N) is 1. The van der Waals surface area contributed by atoms with Crippen LogP contribution < -0.4 is 9.64 Å². The largest absolute Gasteiger partial charge is 0.491 e. The first kappa shape index (κ1) is 22.9. The molecule has 0 bridgehead atoms. The van der Waals surface area contributed by atoms with Crippen LogP contribution in [0.3, 0.4) is 0 Å². The molecule has 1 N–H and O–H groups in total. The van der Waals surface area contributed by atoms with Crippen LogP contribution in [0.2, 0.25) is 0 Å². The summed E-state index contributed by atoms with van der Waals surface area (Å²) >= 11 is 0. The zero-order chi connectivity index (χ0) is 22.1. The summed E-state index contributed by atoms with van der Waals surface area (Å²) < 4.78 is 11.3. The van der Waals surface area contributed by atoms with Gasteiger partial charge < -0.3 is 19.5 Å². The van der Waals surface area contributed by atoms with Crippen LogP contribution in [0.25, 0.3) is 17.2 Å². The molecular formula is C26H33NO4. The molecule has 31 heavy (non-hydrogen) atoms. The number of carboxylic acids is 1. The fourth-order valence-electron chi connectivity index (χ4n) is 3.75. The molecule has 0 saturated carbocycles. The van der Waals surface area contributed by atoms with Crippen molar-refractivity contribution in [3.63, 3.8) is 0 Å². The molecule has 0 unspecified atom stereocenters. The van der Waals surface area contributed by atoms with Crippen molar-refractivity contribution in [2.24, 2.45) is 0 Å².